The second kappa shape index (κ2) is 8.90. The van der Waals surface area contributed by atoms with Crippen LogP contribution in [-0.2, 0) is 19.1 Å². The Bertz CT molecular complexity index is 271. The maximum Gasteiger partial charge on any atom is 0.323 e. The molecule has 1 unspecified atom stereocenters. The summed E-state index contributed by atoms with van der Waals surface area (Å²) in [5, 5.41) is 0. The third-order valence-electron chi connectivity index (χ3n) is 2.69. The molecule has 0 rings (SSSR count). The van der Waals surface area contributed by atoms with Gasteiger partial charge in [-0.15, -0.1) is 0 Å². The topological polar surface area (TPSA) is 60.4 Å². The number of esters is 1. The van der Waals surface area contributed by atoms with Gasteiger partial charge in [0.05, 0.1) is 7.11 Å². The molecule has 0 bridgehead atoms. The zero-order valence-corrected chi connectivity index (χ0v) is 11.0. The molecule has 0 aliphatic carbocycles. The van der Waals surface area contributed by atoms with Gasteiger partial charge in [0.25, 0.3) is 0 Å². The molecule has 98 valence electrons. The maximum absolute atomic E-state index is 11.7. The Hall–Kier alpha value is -1.19. The SMILES string of the molecule is CCCCCCCC(=O)C(C(C)=O)C(=O)OC. The molecule has 0 N–H and O–H groups in total. The van der Waals surface area contributed by atoms with Crippen LogP contribution >= 0.6 is 0 Å². The lowest BCUT2D eigenvalue weighted by Gasteiger charge is -2.09. The van der Waals surface area contributed by atoms with Crippen LogP contribution in [-0.4, -0.2) is 24.6 Å². The number of carbonyl (C=O) groups excluding carboxylic acids is 3. The Labute approximate surface area is 103 Å². The van der Waals surface area contributed by atoms with Gasteiger partial charge in [0.1, 0.15) is 0 Å². The zero-order valence-electron chi connectivity index (χ0n) is 11.0. The molecule has 0 spiro atoms. The van der Waals surface area contributed by atoms with Gasteiger partial charge in [-0.2, -0.15) is 0 Å². The Balaban J connectivity index is 4.08. The largest absolute Gasteiger partial charge is 0.468 e. The second-order valence-electron chi connectivity index (χ2n) is 4.20. The highest BCUT2D eigenvalue weighted by atomic mass is 16.5. The van der Waals surface area contributed by atoms with Gasteiger partial charge in [0, 0.05) is 6.42 Å². The smallest absolute Gasteiger partial charge is 0.323 e. The number of hydrogen-bond acceptors (Lipinski definition) is 4. The van der Waals surface area contributed by atoms with E-state index in [1.807, 2.05) is 0 Å². The van der Waals surface area contributed by atoms with E-state index in [1.165, 1.54) is 14.0 Å². The average Bonchev–Trinajstić information content (AvgIpc) is 2.28. The van der Waals surface area contributed by atoms with Crippen LogP contribution in [0.25, 0.3) is 0 Å². The summed E-state index contributed by atoms with van der Waals surface area (Å²) < 4.78 is 4.46. The Morgan fingerprint density at radius 2 is 1.65 bits per heavy atom. The van der Waals surface area contributed by atoms with Crippen LogP contribution in [0.4, 0.5) is 0 Å². The molecule has 0 saturated carbocycles. The van der Waals surface area contributed by atoms with Gasteiger partial charge in [-0.3, -0.25) is 14.4 Å². The number of methoxy groups -OCH3 is 1. The monoisotopic (exact) mass is 242 g/mol. The first-order valence-electron chi connectivity index (χ1n) is 6.15. The first-order chi connectivity index (χ1) is 8.04. The minimum Gasteiger partial charge on any atom is -0.468 e. The van der Waals surface area contributed by atoms with E-state index >= 15 is 0 Å². The third-order valence-corrected chi connectivity index (χ3v) is 2.69. The fraction of sp³-hybridized carbons (Fsp3) is 0.769. The summed E-state index contributed by atoms with van der Waals surface area (Å²) in [6, 6.07) is 0. The molecule has 0 aliphatic rings. The van der Waals surface area contributed by atoms with Crippen molar-refractivity contribution < 1.29 is 19.1 Å². The molecule has 0 amide bonds. The second-order valence-corrected chi connectivity index (χ2v) is 4.20. The van der Waals surface area contributed by atoms with Crippen LogP contribution in [0.2, 0.25) is 0 Å². The molecule has 17 heavy (non-hydrogen) atoms. The van der Waals surface area contributed by atoms with E-state index < -0.39 is 17.7 Å². The Morgan fingerprint density at radius 1 is 1.06 bits per heavy atom. The molecule has 4 nitrogen and oxygen atoms in total. The van der Waals surface area contributed by atoms with Crippen molar-refractivity contribution in [2.75, 3.05) is 7.11 Å². The predicted molar refractivity (Wildman–Crippen MR) is 64.6 cm³/mol. The lowest BCUT2D eigenvalue weighted by molar-refractivity contribution is -0.152. The van der Waals surface area contributed by atoms with E-state index in [2.05, 4.69) is 11.7 Å². The molecule has 0 aromatic rings. The van der Waals surface area contributed by atoms with E-state index in [-0.39, 0.29) is 12.2 Å². The van der Waals surface area contributed by atoms with Crippen molar-refractivity contribution in [2.45, 2.75) is 52.4 Å². The van der Waals surface area contributed by atoms with Gasteiger partial charge in [-0.05, 0) is 13.3 Å². The van der Waals surface area contributed by atoms with Gasteiger partial charge in [0.15, 0.2) is 17.5 Å². The number of rotatable bonds is 9. The molecule has 0 fully saturated rings. The van der Waals surface area contributed by atoms with Crippen LogP contribution in [0.1, 0.15) is 52.4 Å². The van der Waals surface area contributed by atoms with E-state index in [9.17, 15) is 14.4 Å². The molecular weight excluding hydrogens is 220 g/mol. The van der Waals surface area contributed by atoms with Gasteiger partial charge >= 0.3 is 5.97 Å². The molecule has 1 atom stereocenters. The predicted octanol–water partition coefficient (Wildman–Crippen LogP) is 2.29. The fourth-order valence-electron chi connectivity index (χ4n) is 1.69. The van der Waals surface area contributed by atoms with Crippen LogP contribution in [0.3, 0.4) is 0 Å². The summed E-state index contributed by atoms with van der Waals surface area (Å²) in [7, 11) is 1.19. The van der Waals surface area contributed by atoms with Crippen molar-refractivity contribution in [1.82, 2.24) is 0 Å². The summed E-state index contributed by atoms with van der Waals surface area (Å²) in [6.45, 7) is 3.37. The van der Waals surface area contributed by atoms with Gasteiger partial charge in [0.2, 0.25) is 0 Å². The first-order valence-corrected chi connectivity index (χ1v) is 6.15. The van der Waals surface area contributed by atoms with Crippen molar-refractivity contribution in [3.63, 3.8) is 0 Å². The minimum absolute atomic E-state index is 0.281. The highest BCUT2D eigenvalue weighted by Gasteiger charge is 2.31. The molecule has 0 saturated heterocycles. The summed E-state index contributed by atoms with van der Waals surface area (Å²) in [6.07, 6.45) is 5.37. The normalized spacial score (nSPS) is 11.9. The van der Waals surface area contributed by atoms with E-state index in [0.29, 0.717) is 0 Å². The van der Waals surface area contributed by atoms with Crippen molar-refractivity contribution in [2.24, 2.45) is 5.92 Å². The van der Waals surface area contributed by atoms with E-state index in [0.717, 1.165) is 32.1 Å². The third kappa shape index (κ3) is 6.19. The lowest BCUT2D eigenvalue weighted by atomic mass is 9.95. The van der Waals surface area contributed by atoms with E-state index in [1.54, 1.807) is 0 Å². The fourth-order valence-corrected chi connectivity index (χ4v) is 1.69. The highest BCUT2D eigenvalue weighted by Crippen LogP contribution is 2.11. The molecular formula is C13H22O4. The van der Waals surface area contributed by atoms with E-state index in [4.69, 9.17) is 0 Å². The van der Waals surface area contributed by atoms with Crippen LogP contribution in [0.5, 0.6) is 0 Å². The number of hydrogen-bond donors (Lipinski definition) is 0. The molecule has 0 aromatic heterocycles. The molecule has 0 aliphatic heterocycles. The molecule has 0 aromatic carbocycles. The quantitative estimate of drug-likeness (QED) is 0.353. The number of Topliss-reactive ketones (excluding diaryl/α,β-unsaturated/α-hetero) is 2. The van der Waals surface area contributed by atoms with Gasteiger partial charge < -0.3 is 4.74 Å². The van der Waals surface area contributed by atoms with Gasteiger partial charge in [-0.1, -0.05) is 32.6 Å². The zero-order chi connectivity index (χ0) is 13.3. The summed E-state index contributed by atoms with van der Waals surface area (Å²) in [5.74, 6) is -2.71. The van der Waals surface area contributed by atoms with Crippen LogP contribution in [0.15, 0.2) is 0 Å². The van der Waals surface area contributed by atoms with Crippen molar-refractivity contribution in [3.8, 4) is 0 Å². The molecule has 0 radical (unpaired) electrons. The lowest BCUT2D eigenvalue weighted by Crippen LogP contribution is -2.31. The van der Waals surface area contributed by atoms with Gasteiger partial charge in [-0.25, -0.2) is 0 Å². The average molecular weight is 242 g/mol. The number of ether oxygens (including phenoxy) is 1. The highest BCUT2D eigenvalue weighted by molar-refractivity contribution is 6.16. The Kier molecular flexibility index (Phi) is 8.28. The molecule has 4 heteroatoms. The standard InChI is InChI=1S/C13H22O4/c1-4-5-6-7-8-9-11(15)12(10(2)14)13(16)17-3/h12H,4-9H2,1-3H3. The summed E-state index contributed by atoms with van der Waals surface area (Å²) in [4.78, 5) is 34.2. The minimum atomic E-state index is -1.22. The van der Waals surface area contributed by atoms with Crippen LogP contribution < -0.4 is 0 Å². The number of unbranched alkanes of at least 4 members (excludes halogenated alkanes) is 4. The number of ketones is 2. The van der Waals surface area contributed by atoms with Crippen LogP contribution in [0, 0.1) is 5.92 Å². The molecule has 0 heterocycles. The first kappa shape index (κ1) is 15.8. The number of carbonyl (C=O) groups is 3. The Morgan fingerprint density at radius 3 is 2.12 bits per heavy atom. The maximum atomic E-state index is 11.7. The summed E-state index contributed by atoms with van der Waals surface area (Å²) >= 11 is 0. The van der Waals surface area contributed by atoms with Crippen molar-refractivity contribution in [3.05, 3.63) is 0 Å². The van der Waals surface area contributed by atoms with Crippen molar-refractivity contribution >= 4 is 17.5 Å². The summed E-state index contributed by atoms with van der Waals surface area (Å²) in [5.41, 5.74) is 0. The van der Waals surface area contributed by atoms with Crippen molar-refractivity contribution in [1.29, 1.82) is 0 Å².